The molecule has 1 unspecified atom stereocenters. The molecule has 6 heteroatoms. The van der Waals surface area contributed by atoms with Crippen LogP contribution >= 0.6 is 15.9 Å². The molecule has 0 radical (unpaired) electrons. The lowest BCUT2D eigenvalue weighted by molar-refractivity contribution is 0.116. The summed E-state index contributed by atoms with van der Waals surface area (Å²) in [6.07, 6.45) is 0. The Bertz CT molecular complexity index is 543. The van der Waals surface area contributed by atoms with Crippen LogP contribution in [0, 0.1) is 12.8 Å². The highest BCUT2D eigenvalue weighted by molar-refractivity contribution is 9.10. The Hall–Kier alpha value is -0.430. The molecule has 0 amide bonds. The van der Waals surface area contributed by atoms with E-state index in [9.17, 15) is 8.42 Å². The third-order valence-electron chi connectivity index (χ3n) is 2.99. The Kier molecular flexibility index (Phi) is 6.64. The molecule has 0 saturated carbocycles. The largest absolute Gasteiger partial charge is 0.380 e. The molecule has 1 atom stereocenters. The lowest BCUT2D eigenvalue weighted by Gasteiger charge is -2.22. The fourth-order valence-corrected chi connectivity index (χ4v) is 4.26. The molecule has 114 valence electrons. The zero-order chi connectivity index (χ0) is 15.3. The van der Waals surface area contributed by atoms with E-state index < -0.39 is 10.0 Å². The quantitative estimate of drug-likeness (QED) is 0.809. The van der Waals surface area contributed by atoms with Crippen molar-refractivity contribution in [2.45, 2.75) is 38.6 Å². The van der Waals surface area contributed by atoms with Crippen LogP contribution in [0.4, 0.5) is 0 Å². The summed E-state index contributed by atoms with van der Waals surface area (Å²) in [5, 5.41) is 0. The fourth-order valence-electron chi connectivity index (χ4n) is 1.69. The molecule has 20 heavy (non-hydrogen) atoms. The van der Waals surface area contributed by atoms with E-state index >= 15 is 0 Å². The molecular formula is C14H22BrNO3S. The van der Waals surface area contributed by atoms with Crippen molar-refractivity contribution in [3.05, 3.63) is 28.2 Å². The van der Waals surface area contributed by atoms with Gasteiger partial charge in [0.15, 0.2) is 0 Å². The molecule has 0 aliphatic rings. The predicted molar refractivity (Wildman–Crippen MR) is 84.3 cm³/mol. The topological polar surface area (TPSA) is 55.4 Å². The van der Waals surface area contributed by atoms with E-state index in [1.165, 1.54) is 0 Å². The van der Waals surface area contributed by atoms with Crippen LogP contribution in [-0.2, 0) is 14.8 Å². The van der Waals surface area contributed by atoms with Gasteiger partial charge in [-0.05, 0) is 53.4 Å². The zero-order valence-corrected chi connectivity index (χ0v) is 14.7. The highest BCUT2D eigenvalue weighted by Crippen LogP contribution is 2.23. The number of benzene rings is 1. The van der Waals surface area contributed by atoms with Gasteiger partial charge in [0.1, 0.15) is 0 Å². The third kappa shape index (κ3) is 4.84. The maximum Gasteiger partial charge on any atom is 0.242 e. The van der Waals surface area contributed by atoms with Crippen molar-refractivity contribution in [1.82, 2.24) is 4.72 Å². The summed E-state index contributed by atoms with van der Waals surface area (Å²) >= 11 is 3.31. The van der Waals surface area contributed by atoms with Crippen molar-refractivity contribution in [3.8, 4) is 0 Å². The van der Waals surface area contributed by atoms with E-state index in [2.05, 4.69) is 20.7 Å². The first kappa shape index (κ1) is 17.6. The lowest BCUT2D eigenvalue weighted by atomic mass is 10.1. The van der Waals surface area contributed by atoms with Crippen LogP contribution in [0.1, 0.15) is 26.3 Å². The van der Waals surface area contributed by atoms with Crippen LogP contribution in [0.3, 0.4) is 0 Å². The first-order valence-corrected chi connectivity index (χ1v) is 8.91. The summed E-state index contributed by atoms with van der Waals surface area (Å²) in [5.41, 5.74) is 1.01. The molecule has 1 rings (SSSR count). The molecule has 4 nitrogen and oxygen atoms in total. The third-order valence-corrected chi connectivity index (χ3v) is 5.46. The van der Waals surface area contributed by atoms with Gasteiger partial charge in [0.25, 0.3) is 0 Å². The van der Waals surface area contributed by atoms with Gasteiger partial charge in [-0.3, -0.25) is 0 Å². The van der Waals surface area contributed by atoms with Gasteiger partial charge in [-0.2, -0.15) is 0 Å². The fraction of sp³-hybridized carbons (Fsp3) is 0.571. The van der Waals surface area contributed by atoms with E-state index in [1.807, 2.05) is 27.7 Å². The van der Waals surface area contributed by atoms with Crippen molar-refractivity contribution in [2.75, 3.05) is 13.2 Å². The van der Waals surface area contributed by atoms with Crippen LogP contribution in [0.15, 0.2) is 27.6 Å². The number of ether oxygens (including phenoxy) is 1. The molecule has 1 aromatic carbocycles. The van der Waals surface area contributed by atoms with Crippen molar-refractivity contribution >= 4 is 26.0 Å². The Morgan fingerprint density at radius 3 is 2.50 bits per heavy atom. The molecule has 1 aromatic rings. The molecule has 1 N–H and O–H groups in total. The Labute approximate surface area is 130 Å². The molecule has 0 bridgehead atoms. The van der Waals surface area contributed by atoms with Gasteiger partial charge in [0, 0.05) is 17.1 Å². The maximum atomic E-state index is 12.4. The second-order valence-electron chi connectivity index (χ2n) is 5.07. The van der Waals surface area contributed by atoms with Crippen molar-refractivity contribution in [3.63, 3.8) is 0 Å². The van der Waals surface area contributed by atoms with Crippen LogP contribution in [0.2, 0.25) is 0 Å². The average molecular weight is 364 g/mol. The van der Waals surface area contributed by atoms with Crippen molar-refractivity contribution in [2.24, 2.45) is 5.92 Å². The summed E-state index contributed by atoms with van der Waals surface area (Å²) < 4.78 is 33.5. The zero-order valence-electron chi connectivity index (χ0n) is 12.3. The first-order chi connectivity index (χ1) is 9.27. The summed E-state index contributed by atoms with van der Waals surface area (Å²) in [6.45, 7) is 8.69. The maximum absolute atomic E-state index is 12.4. The predicted octanol–water partition coefficient (Wildman–Crippen LogP) is 3.10. The first-order valence-electron chi connectivity index (χ1n) is 6.64. The summed E-state index contributed by atoms with van der Waals surface area (Å²) in [7, 11) is -3.56. The van der Waals surface area contributed by atoms with Crippen LogP contribution < -0.4 is 4.72 Å². The minimum absolute atomic E-state index is 0.153. The Balaban J connectivity index is 2.97. The number of halogens is 1. The minimum atomic E-state index is -3.56. The van der Waals surface area contributed by atoms with Gasteiger partial charge in [0.05, 0.1) is 11.5 Å². The number of aryl methyl sites for hydroxylation is 1. The van der Waals surface area contributed by atoms with Crippen LogP contribution in [-0.4, -0.2) is 27.7 Å². The number of hydrogen-bond acceptors (Lipinski definition) is 3. The molecule has 0 aromatic heterocycles. The van der Waals surface area contributed by atoms with Gasteiger partial charge in [0.2, 0.25) is 10.0 Å². The molecule has 0 heterocycles. The number of hydrogen-bond donors (Lipinski definition) is 1. The standard InChI is InChI=1S/C14H22BrNO3S/c1-5-19-9-13(10(2)3)16-20(17,18)14-7-6-11(4)8-12(14)15/h6-8,10,13,16H,5,9H2,1-4H3. The normalized spacial score (nSPS) is 13.7. The summed E-state index contributed by atoms with van der Waals surface area (Å²) in [6, 6.07) is 4.95. The molecule has 0 aliphatic carbocycles. The SMILES string of the molecule is CCOCC(NS(=O)(=O)c1ccc(C)cc1Br)C(C)C. The smallest absolute Gasteiger partial charge is 0.242 e. The molecule has 0 spiro atoms. The molecule has 0 aliphatic heterocycles. The van der Waals surface area contributed by atoms with Crippen LogP contribution in [0.5, 0.6) is 0 Å². The number of rotatable bonds is 7. The lowest BCUT2D eigenvalue weighted by Crippen LogP contribution is -2.41. The van der Waals surface area contributed by atoms with Crippen LogP contribution in [0.25, 0.3) is 0 Å². The molecular weight excluding hydrogens is 342 g/mol. The second kappa shape index (κ2) is 7.54. The highest BCUT2D eigenvalue weighted by atomic mass is 79.9. The summed E-state index contributed by atoms with van der Waals surface area (Å²) in [4.78, 5) is 0.255. The van der Waals surface area contributed by atoms with E-state index in [4.69, 9.17) is 4.74 Å². The summed E-state index contributed by atoms with van der Waals surface area (Å²) in [5.74, 6) is 0.153. The van der Waals surface area contributed by atoms with Gasteiger partial charge in [-0.25, -0.2) is 13.1 Å². The van der Waals surface area contributed by atoms with E-state index in [-0.39, 0.29) is 16.9 Å². The van der Waals surface area contributed by atoms with Gasteiger partial charge < -0.3 is 4.74 Å². The van der Waals surface area contributed by atoms with E-state index in [0.717, 1.165) is 5.56 Å². The number of sulfonamides is 1. The molecule has 0 saturated heterocycles. The van der Waals surface area contributed by atoms with Gasteiger partial charge >= 0.3 is 0 Å². The Morgan fingerprint density at radius 1 is 1.35 bits per heavy atom. The van der Waals surface area contributed by atoms with Gasteiger partial charge in [-0.1, -0.05) is 19.9 Å². The number of nitrogens with one attached hydrogen (secondary N) is 1. The van der Waals surface area contributed by atoms with Crippen molar-refractivity contribution in [1.29, 1.82) is 0 Å². The second-order valence-corrected chi connectivity index (χ2v) is 7.60. The van der Waals surface area contributed by atoms with Crippen molar-refractivity contribution < 1.29 is 13.2 Å². The monoisotopic (exact) mass is 363 g/mol. The molecule has 0 fully saturated rings. The average Bonchev–Trinajstić information content (AvgIpc) is 2.33. The minimum Gasteiger partial charge on any atom is -0.380 e. The Morgan fingerprint density at radius 2 is 2.00 bits per heavy atom. The van der Waals surface area contributed by atoms with Gasteiger partial charge in [-0.15, -0.1) is 0 Å². The van der Waals surface area contributed by atoms with E-state index in [0.29, 0.717) is 17.7 Å². The van der Waals surface area contributed by atoms with E-state index in [1.54, 1.807) is 18.2 Å². The highest BCUT2D eigenvalue weighted by Gasteiger charge is 2.24.